The normalized spacial score (nSPS) is 10.5. The van der Waals surface area contributed by atoms with E-state index < -0.39 is 0 Å². The van der Waals surface area contributed by atoms with Gasteiger partial charge in [-0.2, -0.15) is 0 Å². The number of carbonyl (C=O) groups excluding carboxylic acids is 1. The summed E-state index contributed by atoms with van der Waals surface area (Å²) in [5.74, 6) is -0.00909. The number of anilines is 1. The summed E-state index contributed by atoms with van der Waals surface area (Å²) in [6.45, 7) is 4.27. The number of fused-ring (bicyclic) bond motifs is 1. The van der Waals surface area contributed by atoms with Gasteiger partial charge in [0.1, 0.15) is 0 Å². The Morgan fingerprint density at radius 2 is 1.70 bits per heavy atom. The summed E-state index contributed by atoms with van der Waals surface area (Å²) in [5.41, 5.74) is 1.59. The van der Waals surface area contributed by atoms with Crippen LogP contribution in [0, 0.1) is 3.57 Å². The van der Waals surface area contributed by atoms with E-state index >= 15 is 0 Å². The highest BCUT2D eigenvalue weighted by Crippen LogP contribution is 2.24. The van der Waals surface area contributed by atoms with E-state index in [1.165, 1.54) is 0 Å². The van der Waals surface area contributed by atoms with E-state index in [2.05, 4.69) is 41.3 Å². The molecule has 114 valence electrons. The van der Waals surface area contributed by atoms with E-state index in [4.69, 9.17) is 0 Å². The quantitative estimate of drug-likeness (QED) is 0.421. The average molecular weight is 413 g/mol. The minimum absolute atomic E-state index is 0.00909. The first-order valence-corrected chi connectivity index (χ1v) is 8.44. The fraction of sp³-hybridized carbons (Fsp3) is 0.0500. The third kappa shape index (κ3) is 3.29. The standard InChI is InChI=1S/C20H16INO/c1-2-13-22(20(23)18-9-5-6-10-19(18)21)17-12-11-15-7-3-4-8-16(15)14-17/h2-12,14H,1,13H2. The Balaban J connectivity index is 2.04. The van der Waals surface area contributed by atoms with Gasteiger partial charge in [0, 0.05) is 15.8 Å². The lowest BCUT2D eigenvalue weighted by Crippen LogP contribution is -2.31. The molecule has 0 N–H and O–H groups in total. The van der Waals surface area contributed by atoms with Gasteiger partial charge < -0.3 is 4.90 Å². The molecule has 0 saturated carbocycles. The average Bonchev–Trinajstić information content (AvgIpc) is 2.59. The molecule has 23 heavy (non-hydrogen) atoms. The third-order valence-corrected chi connectivity index (χ3v) is 4.65. The van der Waals surface area contributed by atoms with Crippen molar-refractivity contribution in [3.05, 3.63) is 88.5 Å². The summed E-state index contributed by atoms with van der Waals surface area (Å²) in [5, 5.41) is 2.28. The largest absolute Gasteiger partial charge is 0.305 e. The molecule has 3 aromatic carbocycles. The first kappa shape index (κ1) is 15.7. The van der Waals surface area contributed by atoms with E-state index in [0.717, 1.165) is 20.0 Å². The summed E-state index contributed by atoms with van der Waals surface area (Å²) < 4.78 is 0.949. The van der Waals surface area contributed by atoms with Crippen LogP contribution in [0.15, 0.2) is 79.4 Å². The fourth-order valence-corrected chi connectivity index (χ4v) is 3.18. The lowest BCUT2D eigenvalue weighted by atomic mass is 10.1. The van der Waals surface area contributed by atoms with Gasteiger partial charge in [-0.1, -0.05) is 48.5 Å². The highest BCUT2D eigenvalue weighted by Gasteiger charge is 2.18. The van der Waals surface area contributed by atoms with Crippen LogP contribution in [0.5, 0.6) is 0 Å². The third-order valence-electron chi connectivity index (χ3n) is 3.71. The van der Waals surface area contributed by atoms with Crippen molar-refractivity contribution in [3.63, 3.8) is 0 Å². The Hall–Kier alpha value is -2.14. The number of hydrogen-bond donors (Lipinski definition) is 0. The van der Waals surface area contributed by atoms with Gasteiger partial charge in [0.15, 0.2) is 0 Å². The summed E-state index contributed by atoms with van der Waals surface area (Å²) >= 11 is 2.20. The summed E-state index contributed by atoms with van der Waals surface area (Å²) in [6, 6.07) is 21.9. The molecule has 0 aliphatic heterocycles. The van der Waals surface area contributed by atoms with Crippen LogP contribution in [-0.4, -0.2) is 12.5 Å². The van der Waals surface area contributed by atoms with Gasteiger partial charge in [-0.25, -0.2) is 0 Å². The Kier molecular flexibility index (Phi) is 4.76. The summed E-state index contributed by atoms with van der Waals surface area (Å²) in [4.78, 5) is 14.7. The molecule has 0 unspecified atom stereocenters. The minimum atomic E-state index is -0.00909. The van der Waals surface area contributed by atoms with Crippen LogP contribution in [0.4, 0.5) is 5.69 Å². The van der Waals surface area contributed by atoms with Crippen LogP contribution in [0.2, 0.25) is 0 Å². The number of benzene rings is 3. The second-order valence-corrected chi connectivity index (χ2v) is 6.38. The maximum absolute atomic E-state index is 13.0. The van der Waals surface area contributed by atoms with Crippen LogP contribution in [0.1, 0.15) is 10.4 Å². The minimum Gasteiger partial charge on any atom is -0.305 e. The van der Waals surface area contributed by atoms with Crippen LogP contribution in [0.25, 0.3) is 10.8 Å². The number of hydrogen-bond acceptors (Lipinski definition) is 1. The monoisotopic (exact) mass is 413 g/mol. The van der Waals surface area contributed by atoms with Crippen molar-refractivity contribution in [2.24, 2.45) is 0 Å². The first-order valence-electron chi connectivity index (χ1n) is 7.37. The van der Waals surface area contributed by atoms with Crippen molar-refractivity contribution >= 4 is 45.0 Å². The SMILES string of the molecule is C=CCN(C(=O)c1ccccc1I)c1ccc2ccccc2c1. The second-order valence-electron chi connectivity index (χ2n) is 5.22. The summed E-state index contributed by atoms with van der Waals surface area (Å²) in [7, 11) is 0. The van der Waals surface area contributed by atoms with E-state index in [-0.39, 0.29) is 5.91 Å². The van der Waals surface area contributed by atoms with E-state index in [9.17, 15) is 4.79 Å². The molecule has 0 aliphatic carbocycles. The van der Waals surface area contributed by atoms with Gasteiger partial charge in [-0.05, 0) is 57.6 Å². The van der Waals surface area contributed by atoms with Gasteiger partial charge in [0.2, 0.25) is 0 Å². The molecule has 0 bridgehead atoms. The maximum Gasteiger partial charge on any atom is 0.259 e. The molecule has 2 nitrogen and oxygen atoms in total. The van der Waals surface area contributed by atoms with Crippen LogP contribution in [0.3, 0.4) is 0 Å². The highest BCUT2D eigenvalue weighted by molar-refractivity contribution is 14.1. The molecule has 0 atom stereocenters. The number of halogens is 1. The van der Waals surface area contributed by atoms with Crippen LogP contribution < -0.4 is 4.90 Å². The Labute approximate surface area is 149 Å². The van der Waals surface area contributed by atoms with Crippen molar-refractivity contribution in [3.8, 4) is 0 Å². The molecule has 0 aromatic heterocycles. The molecule has 3 heteroatoms. The number of nitrogens with zero attached hydrogens (tertiary/aromatic N) is 1. The lowest BCUT2D eigenvalue weighted by molar-refractivity contribution is 0.0989. The summed E-state index contributed by atoms with van der Waals surface area (Å²) in [6.07, 6.45) is 1.75. The highest BCUT2D eigenvalue weighted by atomic mass is 127. The van der Waals surface area contributed by atoms with E-state index in [1.54, 1.807) is 11.0 Å². The molecule has 0 radical (unpaired) electrons. The second kappa shape index (κ2) is 6.96. The zero-order valence-electron chi connectivity index (χ0n) is 12.6. The Morgan fingerprint density at radius 1 is 1.00 bits per heavy atom. The van der Waals surface area contributed by atoms with Gasteiger partial charge in [0.05, 0.1) is 5.56 Å². The molecule has 3 aromatic rings. The molecule has 0 spiro atoms. The molecular weight excluding hydrogens is 397 g/mol. The van der Waals surface area contributed by atoms with E-state index in [1.807, 2.05) is 54.6 Å². The van der Waals surface area contributed by atoms with Crippen molar-refractivity contribution in [2.45, 2.75) is 0 Å². The maximum atomic E-state index is 13.0. The van der Waals surface area contributed by atoms with Crippen LogP contribution >= 0.6 is 22.6 Å². The predicted octanol–water partition coefficient (Wildman–Crippen LogP) is 5.28. The fourth-order valence-electron chi connectivity index (χ4n) is 2.56. The molecule has 0 aliphatic rings. The van der Waals surface area contributed by atoms with Crippen molar-refractivity contribution < 1.29 is 4.79 Å². The molecule has 0 fully saturated rings. The van der Waals surface area contributed by atoms with E-state index in [0.29, 0.717) is 12.1 Å². The topological polar surface area (TPSA) is 20.3 Å². The lowest BCUT2D eigenvalue weighted by Gasteiger charge is -2.22. The number of carbonyl (C=O) groups is 1. The van der Waals surface area contributed by atoms with Crippen molar-refractivity contribution in [1.82, 2.24) is 0 Å². The molecule has 1 amide bonds. The van der Waals surface area contributed by atoms with Gasteiger partial charge in [-0.3, -0.25) is 4.79 Å². The van der Waals surface area contributed by atoms with Gasteiger partial charge in [-0.15, -0.1) is 6.58 Å². The molecule has 0 heterocycles. The Morgan fingerprint density at radius 3 is 2.43 bits per heavy atom. The predicted molar refractivity (Wildman–Crippen MR) is 105 cm³/mol. The molecule has 3 rings (SSSR count). The molecular formula is C20H16INO. The van der Waals surface area contributed by atoms with Crippen molar-refractivity contribution in [1.29, 1.82) is 0 Å². The number of rotatable bonds is 4. The smallest absolute Gasteiger partial charge is 0.259 e. The zero-order valence-corrected chi connectivity index (χ0v) is 14.7. The van der Waals surface area contributed by atoms with Crippen molar-refractivity contribution in [2.75, 3.05) is 11.4 Å². The van der Waals surface area contributed by atoms with Crippen LogP contribution in [-0.2, 0) is 0 Å². The molecule has 0 saturated heterocycles. The Bertz CT molecular complexity index is 872. The number of amides is 1. The first-order chi connectivity index (χ1) is 11.2. The van der Waals surface area contributed by atoms with Gasteiger partial charge >= 0.3 is 0 Å². The zero-order chi connectivity index (χ0) is 16.2. The van der Waals surface area contributed by atoms with Gasteiger partial charge in [0.25, 0.3) is 5.91 Å².